The molecule has 13 heteroatoms. The molecule has 3 aromatic rings. The maximum atomic E-state index is 15.2. The second kappa shape index (κ2) is 18.1. The van der Waals surface area contributed by atoms with Crippen molar-refractivity contribution in [3.8, 4) is 0 Å². The van der Waals surface area contributed by atoms with Crippen molar-refractivity contribution < 1.29 is 36.7 Å². The molecule has 1 aliphatic rings. The van der Waals surface area contributed by atoms with Gasteiger partial charge in [0, 0.05) is 25.2 Å². The number of nitrogens with one attached hydrogen (secondary N) is 2. The Morgan fingerprint density at radius 1 is 0.917 bits per heavy atom. The van der Waals surface area contributed by atoms with E-state index in [1.165, 1.54) is 24.3 Å². The molecule has 4 N–H and O–H groups in total. The molecule has 3 amide bonds. The summed E-state index contributed by atoms with van der Waals surface area (Å²) in [5.41, 5.74) is 8.28. The highest BCUT2D eigenvalue weighted by Crippen LogP contribution is 2.21. The van der Waals surface area contributed by atoms with Gasteiger partial charge in [0.05, 0.1) is 30.2 Å². The highest BCUT2D eigenvalue weighted by atomic mass is 32.2. The Labute approximate surface area is 280 Å². The zero-order chi connectivity index (χ0) is 34.4. The Balaban J connectivity index is 1.33. The molecule has 0 aliphatic carbocycles. The second-order valence-electron chi connectivity index (χ2n) is 11.3. The first-order chi connectivity index (χ1) is 23.1. The third-order valence-electron chi connectivity index (χ3n) is 7.69. The van der Waals surface area contributed by atoms with Crippen molar-refractivity contribution in [2.45, 2.75) is 49.3 Å². The minimum absolute atomic E-state index is 0.103. The molecule has 11 nitrogen and oxygen atoms in total. The van der Waals surface area contributed by atoms with E-state index in [-0.39, 0.29) is 36.8 Å². The van der Waals surface area contributed by atoms with Crippen LogP contribution < -0.4 is 16.4 Å². The molecular formula is C35H41FN4O7S. The number of ether oxygens (including phenoxy) is 2. The van der Waals surface area contributed by atoms with Gasteiger partial charge in [-0.05, 0) is 67.2 Å². The van der Waals surface area contributed by atoms with E-state index >= 15 is 4.39 Å². The first-order valence-electron chi connectivity index (χ1n) is 15.8. The standard InChI is InChI=1S/C35H41FN4O7S/c36-32(48(44,45)30-12-5-2-6-13-30)24-29(11-7-8-18-38-35(43)47-25-27-9-3-1-4-10-27)39-33(41)31(37)23-26-14-16-28(17-15-26)34(42)40-19-21-46-22-20-40/h1-6,9-10,12-17,24,29,31H,7-8,11,18-23,25,37H2,(H,38,43)(H,39,41)/t29?,31-/m0/s1. The number of halogens is 1. The minimum Gasteiger partial charge on any atom is -0.445 e. The van der Waals surface area contributed by atoms with Crippen LogP contribution in [0, 0.1) is 0 Å². The van der Waals surface area contributed by atoms with Gasteiger partial charge in [-0.2, -0.15) is 4.39 Å². The lowest BCUT2D eigenvalue weighted by Gasteiger charge is -2.26. The quantitative estimate of drug-likeness (QED) is 0.204. The number of hydrogen-bond acceptors (Lipinski definition) is 8. The third kappa shape index (κ3) is 11.0. The smallest absolute Gasteiger partial charge is 0.407 e. The van der Waals surface area contributed by atoms with Gasteiger partial charge in [-0.25, -0.2) is 13.2 Å². The first kappa shape index (κ1) is 36.2. The number of carbonyl (C=O) groups is 3. The number of morpholine rings is 1. The SMILES string of the molecule is N[C@@H](Cc1ccc(C(=O)N2CCOCC2)cc1)C(=O)NC(C=C(F)S(=O)(=O)c1ccccc1)CCCCNC(=O)OCc1ccccc1. The Bertz CT molecular complexity index is 1630. The number of amides is 3. The van der Waals surface area contributed by atoms with Gasteiger partial charge < -0.3 is 30.7 Å². The van der Waals surface area contributed by atoms with Gasteiger partial charge in [0.25, 0.3) is 5.91 Å². The van der Waals surface area contributed by atoms with Crippen LogP contribution in [0.4, 0.5) is 9.18 Å². The van der Waals surface area contributed by atoms with E-state index in [9.17, 15) is 22.8 Å². The zero-order valence-electron chi connectivity index (χ0n) is 26.6. The predicted molar refractivity (Wildman–Crippen MR) is 178 cm³/mol. The van der Waals surface area contributed by atoms with Crippen molar-refractivity contribution in [1.82, 2.24) is 15.5 Å². The van der Waals surface area contributed by atoms with Crippen molar-refractivity contribution in [3.63, 3.8) is 0 Å². The fraction of sp³-hybridized carbons (Fsp3) is 0.343. The van der Waals surface area contributed by atoms with Crippen molar-refractivity contribution in [2.24, 2.45) is 5.73 Å². The summed E-state index contributed by atoms with van der Waals surface area (Å²) < 4.78 is 51.4. The summed E-state index contributed by atoms with van der Waals surface area (Å²) in [6.45, 7) is 2.40. The van der Waals surface area contributed by atoms with Gasteiger partial charge in [0.1, 0.15) is 6.61 Å². The maximum Gasteiger partial charge on any atom is 0.407 e. The summed E-state index contributed by atoms with van der Waals surface area (Å²) >= 11 is 0. The molecule has 256 valence electrons. The number of benzene rings is 3. The number of sulfone groups is 1. The fourth-order valence-electron chi connectivity index (χ4n) is 4.98. The Morgan fingerprint density at radius 3 is 2.23 bits per heavy atom. The van der Waals surface area contributed by atoms with Crippen molar-refractivity contribution in [1.29, 1.82) is 0 Å². The van der Waals surface area contributed by atoms with Crippen LogP contribution in [0.5, 0.6) is 0 Å². The highest BCUT2D eigenvalue weighted by Gasteiger charge is 2.25. The van der Waals surface area contributed by atoms with Gasteiger partial charge in [0.2, 0.25) is 20.9 Å². The van der Waals surface area contributed by atoms with Crippen LogP contribution >= 0.6 is 0 Å². The molecule has 0 radical (unpaired) electrons. The molecule has 0 aromatic heterocycles. The minimum atomic E-state index is -4.43. The van der Waals surface area contributed by atoms with Crippen molar-refractivity contribution in [2.75, 3.05) is 32.8 Å². The van der Waals surface area contributed by atoms with Crippen LogP contribution in [0.3, 0.4) is 0 Å². The first-order valence-corrected chi connectivity index (χ1v) is 17.3. The molecule has 0 saturated carbocycles. The van der Waals surface area contributed by atoms with E-state index in [4.69, 9.17) is 15.2 Å². The number of unbranched alkanes of at least 4 members (excludes halogenated alkanes) is 1. The normalized spacial score (nSPS) is 14.9. The van der Waals surface area contributed by atoms with E-state index in [0.29, 0.717) is 50.3 Å². The average molecular weight is 681 g/mol. The number of carbonyl (C=O) groups excluding carboxylic acids is 3. The fourth-order valence-corrected chi connectivity index (χ4v) is 6.06. The van der Waals surface area contributed by atoms with Crippen LogP contribution in [-0.4, -0.2) is 76.2 Å². The lowest BCUT2D eigenvalue weighted by molar-refractivity contribution is -0.122. The summed E-state index contributed by atoms with van der Waals surface area (Å²) in [6.07, 6.45) is 1.46. The molecule has 4 rings (SSSR count). The second-order valence-corrected chi connectivity index (χ2v) is 13.2. The molecule has 3 aromatic carbocycles. The van der Waals surface area contributed by atoms with Crippen molar-refractivity contribution >= 4 is 27.7 Å². The summed E-state index contributed by atoms with van der Waals surface area (Å²) in [7, 11) is -4.43. The van der Waals surface area contributed by atoms with Gasteiger partial charge >= 0.3 is 6.09 Å². The van der Waals surface area contributed by atoms with Gasteiger partial charge in [0.15, 0.2) is 0 Å². The van der Waals surface area contributed by atoms with E-state index < -0.39 is 39.1 Å². The maximum absolute atomic E-state index is 15.2. The Hall–Kier alpha value is -4.59. The van der Waals surface area contributed by atoms with Crippen LogP contribution in [0.25, 0.3) is 0 Å². The van der Waals surface area contributed by atoms with Crippen LogP contribution in [0.1, 0.15) is 40.7 Å². The summed E-state index contributed by atoms with van der Waals surface area (Å²) in [5, 5.41) is 3.93. The van der Waals surface area contributed by atoms with Crippen molar-refractivity contribution in [3.05, 3.63) is 113 Å². The van der Waals surface area contributed by atoms with E-state index in [1.54, 1.807) is 35.2 Å². The summed E-state index contributed by atoms with van der Waals surface area (Å²) in [6, 6.07) is 21.2. The number of alkyl carbamates (subject to hydrolysis) is 1. The Kier molecular flexibility index (Phi) is 13.7. The molecule has 1 unspecified atom stereocenters. The van der Waals surface area contributed by atoms with E-state index in [0.717, 1.165) is 11.6 Å². The lowest BCUT2D eigenvalue weighted by atomic mass is 10.0. The number of hydrogen-bond donors (Lipinski definition) is 3. The Morgan fingerprint density at radius 2 is 1.56 bits per heavy atom. The lowest BCUT2D eigenvalue weighted by Crippen LogP contribution is -2.46. The number of nitrogens with zero attached hydrogens (tertiary/aromatic N) is 1. The highest BCUT2D eigenvalue weighted by molar-refractivity contribution is 7.95. The van der Waals surface area contributed by atoms with Crippen LogP contribution in [0.15, 0.2) is 101 Å². The molecular weight excluding hydrogens is 639 g/mol. The average Bonchev–Trinajstić information content (AvgIpc) is 3.11. The van der Waals surface area contributed by atoms with Gasteiger partial charge in [-0.1, -0.05) is 60.7 Å². The van der Waals surface area contributed by atoms with Gasteiger partial charge in [-0.15, -0.1) is 0 Å². The molecule has 0 bridgehead atoms. The molecule has 0 spiro atoms. The molecule has 1 heterocycles. The van der Waals surface area contributed by atoms with Gasteiger partial charge in [-0.3, -0.25) is 9.59 Å². The van der Waals surface area contributed by atoms with Crippen LogP contribution in [0.2, 0.25) is 0 Å². The molecule has 2 atom stereocenters. The molecule has 1 aliphatic heterocycles. The largest absolute Gasteiger partial charge is 0.445 e. The number of rotatable bonds is 15. The van der Waals surface area contributed by atoms with Crippen LogP contribution in [-0.2, 0) is 37.1 Å². The third-order valence-corrected chi connectivity index (χ3v) is 9.23. The summed E-state index contributed by atoms with van der Waals surface area (Å²) in [5.74, 6) is -0.703. The van der Waals surface area contributed by atoms with E-state index in [1.807, 2.05) is 30.3 Å². The zero-order valence-corrected chi connectivity index (χ0v) is 27.4. The molecule has 48 heavy (non-hydrogen) atoms. The number of nitrogens with two attached hydrogens (primary N) is 1. The topological polar surface area (TPSA) is 157 Å². The van der Waals surface area contributed by atoms with E-state index in [2.05, 4.69) is 10.6 Å². The molecule has 1 fully saturated rings. The monoisotopic (exact) mass is 680 g/mol. The molecule has 1 saturated heterocycles. The summed E-state index contributed by atoms with van der Waals surface area (Å²) in [4.78, 5) is 39.4. The predicted octanol–water partition coefficient (Wildman–Crippen LogP) is 3.90.